The van der Waals surface area contributed by atoms with E-state index in [0.29, 0.717) is 22.0 Å². The van der Waals surface area contributed by atoms with Gasteiger partial charge in [-0.2, -0.15) is 0 Å². The lowest BCUT2D eigenvalue weighted by Crippen LogP contribution is -2.17. The predicted octanol–water partition coefficient (Wildman–Crippen LogP) is 3.08. The summed E-state index contributed by atoms with van der Waals surface area (Å²) in [5.74, 6) is -0.0197. The van der Waals surface area contributed by atoms with Crippen LogP contribution in [0.25, 0.3) is 5.69 Å². The third kappa shape index (κ3) is 3.50. The van der Waals surface area contributed by atoms with Crippen molar-refractivity contribution < 1.29 is 10.2 Å². The summed E-state index contributed by atoms with van der Waals surface area (Å²) in [7, 11) is 0. The molecule has 1 aromatic heterocycles. The van der Waals surface area contributed by atoms with Crippen LogP contribution < -0.4 is 5.56 Å². The molecule has 128 valence electrons. The van der Waals surface area contributed by atoms with Crippen LogP contribution in [0, 0.1) is 6.92 Å². The Bertz CT molecular complexity index is 988. The SMILES string of the molecule is Cc1[nH]n(-c2ccc(CO)cc2)c(=O)c1C=Nc1cc(Cl)ccc1O. The smallest absolute Gasteiger partial charge is 0.280 e. The van der Waals surface area contributed by atoms with Gasteiger partial charge in [-0.05, 0) is 42.8 Å². The molecule has 0 fully saturated rings. The van der Waals surface area contributed by atoms with Crippen LogP contribution in [0.5, 0.6) is 5.75 Å². The Balaban J connectivity index is 1.98. The highest BCUT2D eigenvalue weighted by Gasteiger charge is 2.11. The largest absolute Gasteiger partial charge is 0.506 e. The molecule has 0 aliphatic rings. The number of nitrogens with zero attached hydrogens (tertiary/aromatic N) is 2. The molecular weight excluding hydrogens is 342 g/mol. The molecule has 7 heteroatoms. The topological polar surface area (TPSA) is 90.6 Å². The lowest BCUT2D eigenvalue weighted by atomic mass is 10.2. The average molecular weight is 358 g/mol. The summed E-state index contributed by atoms with van der Waals surface area (Å²) >= 11 is 5.90. The number of nitrogens with one attached hydrogen (secondary N) is 1. The number of aromatic hydroxyl groups is 1. The zero-order chi connectivity index (χ0) is 18.0. The number of aliphatic hydroxyl groups excluding tert-OH is 1. The summed E-state index contributed by atoms with van der Waals surface area (Å²) in [6.45, 7) is 1.71. The van der Waals surface area contributed by atoms with Crippen molar-refractivity contribution in [2.75, 3.05) is 0 Å². The third-order valence-corrected chi connectivity index (χ3v) is 4.00. The van der Waals surface area contributed by atoms with Gasteiger partial charge in [0.15, 0.2) is 0 Å². The van der Waals surface area contributed by atoms with Gasteiger partial charge < -0.3 is 10.2 Å². The Morgan fingerprint density at radius 1 is 1.24 bits per heavy atom. The van der Waals surface area contributed by atoms with Crippen molar-refractivity contribution in [3.05, 3.63) is 74.7 Å². The minimum Gasteiger partial charge on any atom is -0.506 e. The number of H-pyrrole nitrogens is 1. The number of aliphatic hydroxyl groups is 1. The molecule has 0 aliphatic heterocycles. The first kappa shape index (κ1) is 17.0. The van der Waals surface area contributed by atoms with Gasteiger partial charge in [-0.15, -0.1) is 0 Å². The zero-order valence-electron chi connectivity index (χ0n) is 13.4. The number of aliphatic imine (C=N–C) groups is 1. The molecule has 1 heterocycles. The maximum Gasteiger partial charge on any atom is 0.280 e. The van der Waals surface area contributed by atoms with Gasteiger partial charge >= 0.3 is 0 Å². The lowest BCUT2D eigenvalue weighted by Gasteiger charge is -2.02. The zero-order valence-corrected chi connectivity index (χ0v) is 14.2. The normalized spacial score (nSPS) is 11.3. The number of hydrogen-bond acceptors (Lipinski definition) is 4. The number of phenols is 1. The number of rotatable bonds is 4. The van der Waals surface area contributed by atoms with Crippen LogP contribution in [0.2, 0.25) is 5.02 Å². The molecule has 0 unspecified atom stereocenters. The Labute approximate surface area is 148 Å². The van der Waals surface area contributed by atoms with Crippen LogP contribution >= 0.6 is 11.6 Å². The van der Waals surface area contributed by atoms with Crippen LogP contribution in [0.1, 0.15) is 16.8 Å². The molecule has 0 saturated heterocycles. The summed E-state index contributed by atoms with van der Waals surface area (Å²) in [6.07, 6.45) is 1.40. The van der Waals surface area contributed by atoms with E-state index in [1.165, 1.54) is 23.0 Å². The monoisotopic (exact) mass is 357 g/mol. The molecule has 3 aromatic rings. The van der Waals surface area contributed by atoms with E-state index in [9.17, 15) is 9.90 Å². The fourth-order valence-corrected chi connectivity index (χ4v) is 2.54. The van der Waals surface area contributed by atoms with Crippen molar-refractivity contribution in [2.24, 2.45) is 4.99 Å². The highest BCUT2D eigenvalue weighted by Crippen LogP contribution is 2.29. The van der Waals surface area contributed by atoms with Crippen LogP contribution in [0.4, 0.5) is 5.69 Å². The molecule has 0 atom stereocenters. The Hall–Kier alpha value is -2.83. The Morgan fingerprint density at radius 2 is 1.96 bits per heavy atom. The van der Waals surface area contributed by atoms with Gasteiger partial charge in [0.05, 0.1) is 17.9 Å². The Kier molecular flexibility index (Phi) is 4.74. The second-order valence-corrected chi connectivity index (χ2v) is 5.94. The fourth-order valence-electron chi connectivity index (χ4n) is 2.38. The number of aryl methyl sites for hydroxylation is 1. The molecule has 0 radical (unpaired) electrons. The molecule has 2 aromatic carbocycles. The van der Waals surface area contributed by atoms with Gasteiger partial charge in [-0.25, -0.2) is 4.68 Å². The second kappa shape index (κ2) is 6.96. The molecular formula is C18H16ClN3O3. The van der Waals surface area contributed by atoms with E-state index in [4.69, 9.17) is 16.7 Å². The first-order chi connectivity index (χ1) is 12.0. The maximum absolute atomic E-state index is 12.6. The van der Waals surface area contributed by atoms with Crippen molar-refractivity contribution in [1.82, 2.24) is 9.78 Å². The molecule has 3 N–H and O–H groups in total. The maximum atomic E-state index is 12.6. The van der Waals surface area contributed by atoms with Gasteiger partial charge in [0.1, 0.15) is 11.4 Å². The van der Waals surface area contributed by atoms with Crippen molar-refractivity contribution in [3.8, 4) is 11.4 Å². The fraction of sp³-hybridized carbons (Fsp3) is 0.111. The van der Waals surface area contributed by atoms with Crippen LogP contribution in [0.3, 0.4) is 0 Å². The summed E-state index contributed by atoms with van der Waals surface area (Å²) in [4.78, 5) is 16.8. The molecule has 0 bridgehead atoms. The highest BCUT2D eigenvalue weighted by molar-refractivity contribution is 6.30. The first-order valence-corrected chi connectivity index (χ1v) is 7.92. The van der Waals surface area contributed by atoms with Crippen molar-refractivity contribution in [1.29, 1.82) is 0 Å². The highest BCUT2D eigenvalue weighted by atomic mass is 35.5. The molecule has 6 nitrogen and oxygen atoms in total. The van der Waals surface area contributed by atoms with Crippen molar-refractivity contribution in [2.45, 2.75) is 13.5 Å². The predicted molar refractivity (Wildman–Crippen MR) is 97.4 cm³/mol. The Morgan fingerprint density at radius 3 is 2.64 bits per heavy atom. The first-order valence-electron chi connectivity index (χ1n) is 7.54. The van der Waals surface area contributed by atoms with E-state index in [1.54, 1.807) is 37.3 Å². The number of benzene rings is 2. The molecule has 0 aliphatic carbocycles. The van der Waals surface area contributed by atoms with Gasteiger partial charge in [0.2, 0.25) is 0 Å². The summed E-state index contributed by atoms with van der Waals surface area (Å²) in [6, 6.07) is 11.5. The van der Waals surface area contributed by atoms with E-state index in [0.717, 1.165) is 5.56 Å². The van der Waals surface area contributed by atoms with Crippen LogP contribution in [-0.4, -0.2) is 26.2 Å². The van der Waals surface area contributed by atoms with E-state index in [2.05, 4.69) is 10.1 Å². The lowest BCUT2D eigenvalue weighted by molar-refractivity contribution is 0.282. The molecule has 0 saturated carbocycles. The summed E-state index contributed by atoms with van der Waals surface area (Å²) < 4.78 is 1.40. The van der Waals surface area contributed by atoms with E-state index < -0.39 is 0 Å². The number of hydrogen-bond donors (Lipinski definition) is 3. The standard InChI is InChI=1S/C18H16ClN3O3/c1-11-15(9-20-16-8-13(19)4-7-17(16)24)18(25)22(21-11)14-5-2-12(10-23)3-6-14/h2-9,21,23-24H,10H2,1H3. The average Bonchev–Trinajstić information content (AvgIpc) is 2.90. The van der Waals surface area contributed by atoms with Crippen molar-refractivity contribution >= 4 is 23.5 Å². The van der Waals surface area contributed by atoms with Gasteiger partial charge in [-0.1, -0.05) is 23.7 Å². The number of aromatic amines is 1. The molecule has 0 spiro atoms. The molecule has 3 rings (SSSR count). The minimum absolute atomic E-state index is 0.0197. The van der Waals surface area contributed by atoms with E-state index >= 15 is 0 Å². The van der Waals surface area contributed by atoms with E-state index in [-0.39, 0.29) is 23.6 Å². The minimum atomic E-state index is -0.264. The van der Waals surface area contributed by atoms with Crippen molar-refractivity contribution in [3.63, 3.8) is 0 Å². The van der Waals surface area contributed by atoms with Crippen LogP contribution in [-0.2, 0) is 6.61 Å². The van der Waals surface area contributed by atoms with E-state index in [1.807, 2.05) is 0 Å². The molecule has 25 heavy (non-hydrogen) atoms. The van der Waals surface area contributed by atoms with Crippen LogP contribution in [0.15, 0.2) is 52.3 Å². The number of halogens is 1. The number of phenolic OH excluding ortho intramolecular Hbond substituents is 1. The van der Waals surface area contributed by atoms with Gasteiger partial charge in [0.25, 0.3) is 5.56 Å². The number of aromatic nitrogens is 2. The molecule has 0 amide bonds. The summed E-state index contributed by atoms with van der Waals surface area (Å²) in [5, 5.41) is 22.3. The summed E-state index contributed by atoms with van der Waals surface area (Å²) in [5.41, 5.74) is 2.45. The quantitative estimate of drug-likeness (QED) is 0.627. The van der Waals surface area contributed by atoms with Gasteiger partial charge in [0, 0.05) is 16.9 Å². The third-order valence-electron chi connectivity index (χ3n) is 3.76. The van der Waals surface area contributed by atoms with Gasteiger partial charge in [-0.3, -0.25) is 14.9 Å². The second-order valence-electron chi connectivity index (χ2n) is 5.51.